The highest BCUT2D eigenvalue weighted by atomic mass is 19.1. The summed E-state index contributed by atoms with van der Waals surface area (Å²) in [5.41, 5.74) is 3.62. The molecule has 0 spiro atoms. The normalized spacial score (nSPS) is 10.6. The number of benzene rings is 3. The Balaban J connectivity index is 1.57. The molecule has 0 aliphatic rings. The SMILES string of the molecule is COc1cc(CNc2ccc(NC(=O)C(C)C)cc2)ccc1OCc1ccc(F)cc1. The van der Waals surface area contributed by atoms with E-state index >= 15 is 0 Å². The molecule has 3 aromatic rings. The Kier molecular flexibility index (Phi) is 7.49. The van der Waals surface area contributed by atoms with Crippen molar-refractivity contribution in [2.24, 2.45) is 5.92 Å². The Labute approximate surface area is 182 Å². The molecule has 0 fully saturated rings. The largest absolute Gasteiger partial charge is 0.493 e. The van der Waals surface area contributed by atoms with Crippen molar-refractivity contribution in [1.82, 2.24) is 0 Å². The molecule has 2 N–H and O–H groups in total. The molecular formula is C25H27FN2O3. The van der Waals surface area contributed by atoms with E-state index < -0.39 is 0 Å². The van der Waals surface area contributed by atoms with Gasteiger partial charge < -0.3 is 20.1 Å². The lowest BCUT2D eigenvalue weighted by Crippen LogP contribution is -2.17. The van der Waals surface area contributed by atoms with Gasteiger partial charge in [-0.1, -0.05) is 32.0 Å². The van der Waals surface area contributed by atoms with Crippen molar-refractivity contribution < 1.29 is 18.7 Å². The maximum atomic E-state index is 13.0. The summed E-state index contributed by atoms with van der Waals surface area (Å²) in [5, 5.41) is 6.23. The standard InChI is InChI=1S/C25H27FN2O3/c1-17(2)25(29)28-22-11-9-21(10-12-22)27-15-19-6-13-23(24(14-19)30-3)31-16-18-4-7-20(26)8-5-18/h4-14,17,27H,15-16H2,1-3H3,(H,28,29). The van der Waals surface area contributed by atoms with E-state index in [-0.39, 0.29) is 17.6 Å². The molecule has 0 heterocycles. The van der Waals surface area contributed by atoms with Gasteiger partial charge >= 0.3 is 0 Å². The third-order valence-electron chi connectivity index (χ3n) is 4.71. The lowest BCUT2D eigenvalue weighted by Gasteiger charge is -2.13. The molecule has 3 aromatic carbocycles. The highest BCUT2D eigenvalue weighted by molar-refractivity contribution is 5.92. The van der Waals surface area contributed by atoms with Crippen molar-refractivity contribution in [3.8, 4) is 11.5 Å². The predicted molar refractivity (Wildman–Crippen MR) is 121 cm³/mol. The van der Waals surface area contributed by atoms with E-state index in [0.29, 0.717) is 24.7 Å². The molecule has 3 rings (SSSR count). The van der Waals surface area contributed by atoms with Crippen LogP contribution in [0.2, 0.25) is 0 Å². The van der Waals surface area contributed by atoms with Crippen LogP contribution in [0.5, 0.6) is 11.5 Å². The molecule has 0 unspecified atom stereocenters. The fraction of sp³-hybridized carbons (Fsp3) is 0.240. The van der Waals surface area contributed by atoms with Crippen LogP contribution >= 0.6 is 0 Å². The van der Waals surface area contributed by atoms with Crippen LogP contribution in [0.3, 0.4) is 0 Å². The first-order chi connectivity index (χ1) is 14.9. The first-order valence-corrected chi connectivity index (χ1v) is 10.1. The van der Waals surface area contributed by atoms with Crippen molar-refractivity contribution in [3.63, 3.8) is 0 Å². The van der Waals surface area contributed by atoms with Gasteiger partial charge in [0.05, 0.1) is 7.11 Å². The van der Waals surface area contributed by atoms with Crippen molar-refractivity contribution >= 4 is 17.3 Å². The van der Waals surface area contributed by atoms with Gasteiger partial charge in [-0.05, 0) is 59.7 Å². The topological polar surface area (TPSA) is 59.6 Å². The van der Waals surface area contributed by atoms with Gasteiger partial charge in [0.2, 0.25) is 5.91 Å². The Bertz CT molecular complexity index is 1000. The number of anilines is 2. The zero-order chi connectivity index (χ0) is 22.2. The molecule has 5 nitrogen and oxygen atoms in total. The predicted octanol–water partition coefficient (Wildman–Crippen LogP) is 5.62. The van der Waals surface area contributed by atoms with E-state index in [9.17, 15) is 9.18 Å². The minimum atomic E-state index is -0.270. The number of nitrogens with one attached hydrogen (secondary N) is 2. The molecule has 162 valence electrons. The van der Waals surface area contributed by atoms with Crippen LogP contribution in [0.4, 0.5) is 15.8 Å². The van der Waals surface area contributed by atoms with E-state index in [1.807, 2.05) is 56.3 Å². The molecular weight excluding hydrogens is 395 g/mol. The maximum absolute atomic E-state index is 13.0. The summed E-state index contributed by atoms with van der Waals surface area (Å²) >= 11 is 0. The molecule has 31 heavy (non-hydrogen) atoms. The second kappa shape index (κ2) is 10.5. The van der Waals surface area contributed by atoms with Crippen molar-refractivity contribution in [2.75, 3.05) is 17.7 Å². The molecule has 0 aliphatic carbocycles. The van der Waals surface area contributed by atoms with Crippen LogP contribution in [0, 0.1) is 11.7 Å². The summed E-state index contributed by atoms with van der Waals surface area (Å²) in [6, 6.07) is 19.6. The average molecular weight is 423 g/mol. The van der Waals surface area contributed by atoms with Gasteiger partial charge in [-0.3, -0.25) is 4.79 Å². The van der Waals surface area contributed by atoms with E-state index in [1.54, 1.807) is 19.2 Å². The Morgan fingerprint density at radius 3 is 2.19 bits per heavy atom. The van der Waals surface area contributed by atoms with Gasteiger partial charge in [-0.25, -0.2) is 4.39 Å². The summed E-state index contributed by atoms with van der Waals surface area (Å²) in [5.74, 6) is 0.923. The summed E-state index contributed by atoms with van der Waals surface area (Å²) in [6.07, 6.45) is 0. The van der Waals surface area contributed by atoms with Gasteiger partial charge in [0.1, 0.15) is 12.4 Å². The van der Waals surface area contributed by atoms with Crippen LogP contribution in [-0.2, 0) is 17.9 Å². The third-order valence-corrected chi connectivity index (χ3v) is 4.71. The summed E-state index contributed by atoms with van der Waals surface area (Å²) in [6.45, 7) is 4.65. The molecule has 0 bridgehead atoms. The van der Waals surface area contributed by atoms with Crippen molar-refractivity contribution in [2.45, 2.75) is 27.0 Å². The van der Waals surface area contributed by atoms with Gasteiger partial charge in [0.15, 0.2) is 11.5 Å². The van der Waals surface area contributed by atoms with E-state index in [4.69, 9.17) is 9.47 Å². The number of halogens is 1. The van der Waals surface area contributed by atoms with Crippen LogP contribution in [-0.4, -0.2) is 13.0 Å². The molecule has 0 saturated carbocycles. The fourth-order valence-corrected chi connectivity index (χ4v) is 2.85. The number of hydrogen-bond acceptors (Lipinski definition) is 4. The molecule has 0 atom stereocenters. The minimum absolute atomic E-state index is 0.00505. The number of ether oxygens (including phenoxy) is 2. The first kappa shape index (κ1) is 22.2. The van der Waals surface area contributed by atoms with Crippen molar-refractivity contribution in [3.05, 3.63) is 83.7 Å². The maximum Gasteiger partial charge on any atom is 0.226 e. The van der Waals surface area contributed by atoms with Gasteiger partial charge in [0, 0.05) is 23.8 Å². The highest BCUT2D eigenvalue weighted by Crippen LogP contribution is 2.29. The lowest BCUT2D eigenvalue weighted by atomic mass is 10.2. The zero-order valence-electron chi connectivity index (χ0n) is 17.9. The summed E-state index contributed by atoms with van der Waals surface area (Å²) in [4.78, 5) is 11.8. The highest BCUT2D eigenvalue weighted by Gasteiger charge is 2.08. The van der Waals surface area contributed by atoms with E-state index in [0.717, 1.165) is 22.5 Å². The number of rotatable bonds is 9. The quantitative estimate of drug-likeness (QED) is 0.470. The summed E-state index contributed by atoms with van der Waals surface area (Å²) < 4.78 is 24.3. The first-order valence-electron chi connectivity index (χ1n) is 10.1. The Hall–Kier alpha value is -3.54. The number of carbonyl (C=O) groups is 1. The van der Waals surface area contributed by atoms with Gasteiger partial charge in [-0.15, -0.1) is 0 Å². The Morgan fingerprint density at radius 1 is 0.903 bits per heavy atom. The molecule has 6 heteroatoms. The molecule has 0 aromatic heterocycles. The molecule has 1 amide bonds. The third kappa shape index (κ3) is 6.47. The lowest BCUT2D eigenvalue weighted by molar-refractivity contribution is -0.118. The number of hydrogen-bond donors (Lipinski definition) is 2. The smallest absolute Gasteiger partial charge is 0.226 e. The zero-order valence-corrected chi connectivity index (χ0v) is 17.9. The van der Waals surface area contributed by atoms with Crippen LogP contribution < -0.4 is 20.1 Å². The van der Waals surface area contributed by atoms with E-state index in [2.05, 4.69) is 10.6 Å². The van der Waals surface area contributed by atoms with Gasteiger partial charge in [-0.2, -0.15) is 0 Å². The average Bonchev–Trinajstić information content (AvgIpc) is 2.78. The molecule has 0 aliphatic heterocycles. The van der Waals surface area contributed by atoms with Gasteiger partial charge in [0.25, 0.3) is 0 Å². The number of carbonyl (C=O) groups excluding carboxylic acids is 1. The minimum Gasteiger partial charge on any atom is -0.493 e. The van der Waals surface area contributed by atoms with Crippen LogP contribution in [0.25, 0.3) is 0 Å². The van der Waals surface area contributed by atoms with Crippen LogP contribution in [0.15, 0.2) is 66.7 Å². The molecule has 0 radical (unpaired) electrons. The van der Waals surface area contributed by atoms with Crippen LogP contribution in [0.1, 0.15) is 25.0 Å². The summed E-state index contributed by atoms with van der Waals surface area (Å²) in [7, 11) is 1.60. The van der Waals surface area contributed by atoms with E-state index in [1.165, 1.54) is 12.1 Å². The molecule has 0 saturated heterocycles. The fourth-order valence-electron chi connectivity index (χ4n) is 2.85. The second-order valence-corrected chi connectivity index (χ2v) is 7.48. The monoisotopic (exact) mass is 422 g/mol. The number of methoxy groups -OCH3 is 1. The second-order valence-electron chi connectivity index (χ2n) is 7.48. The van der Waals surface area contributed by atoms with Crippen molar-refractivity contribution in [1.29, 1.82) is 0 Å². The number of amides is 1. The Morgan fingerprint density at radius 2 is 1.55 bits per heavy atom.